The van der Waals surface area contributed by atoms with Gasteiger partial charge in [-0.25, -0.2) is 13.6 Å². The van der Waals surface area contributed by atoms with Crippen LogP contribution < -0.4 is 17.2 Å². The Morgan fingerprint density at radius 3 is 2.35 bits per heavy atom. The first-order valence-corrected chi connectivity index (χ1v) is 10.9. The molecule has 2 aromatic carbocycles. The Balaban J connectivity index is 1.75. The topological polar surface area (TPSA) is 142 Å². The van der Waals surface area contributed by atoms with Gasteiger partial charge in [0.05, 0.1) is 5.56 Å². The molecule has 0 spiro atoms. The average molecular weight is 475 g/mol. The highest BCUT2D eigenvalue weighted by Crippen LogP contribution is 2.22. The quantitative estimate of drug-likeness (QED) is 0.494. The van der Waals surface area contributed by atoms with E-state index in [-0.39, 0.29) is 24.1 Å². The van der Waals surface area contributed by atoms with Crippen molar-refractivity contribution in [1.29, 1.82) is 0 Å². The van der Waals surface area contributed by atoms with Gasteiger partial charge in [-0.3, -0.25) is 9.59 Å². The van der Waals surface area contributed by atoms with Gasteiger partial charge in [-0.1, -0.05) is 0 Å². The van der Waals surface area contributed by atoms with Gasteiger partial charge in [-0.2, -0.15) is 0 Å². The second-order valence-corrected chi connectivity index (χ2v) is 8.47. The molecule has 0 aliphatic carbocycles. The fourth-order valence-corrected chi connectivity index (χ4v) is 4.14. The third-order valence-electron chi connectivity index (χ3n) is 5.76. The van der Waals surface area contributed by atoms with Crippen molar-refractivity contribution in [1.82, 2.24) is 4.90 Å². The number of halogens is 2. The Bertz CT molecular complexity index is 1070. The molecule has 2 aromatic rings. The first kappa shape index (κ1) is 25.3. The van der Waals surface area contributed by atoms with Crippen LogP contribution in [0, 0.1) is 18.6 Å². The molecule has 182 valence electrons. The van der Waals surface area contributed by atoms with Gasteiger partial charge in [0.2, 0.25) is 5.91 Å². The molecule has 0 unspecified atom stereocenters. The average Bonchev–Trinajstić information content (AvgIpc) is 3.25. The number of amides is 2. The van der Waals surface area contributed by atoms with Crippen LogP contribution in [-0.2, 0) is 16.0 Å². The number of benzene rings is 2. The number of ether oxygens (including phenoxy) is 1. The fraction of sp³-hybridized carbons (Fsp3) is 0.375. The Labute approximate surface area is 196 Å². The first-order valence-electron chi connectivity index (χ1n) is 10.9. The second-order valence-electron chi connectivity index (χ2n) is 8.47. The smallest absolute Gasteiger partial charge is 0.338 e. The van der Waals surface area contributed by atoms with Crippen LogP contribution in [0.25, 0.3) is 0 Å². The lowest BCUT2D eigenvalue weighted by Crippen LogP contribution is -2.44. The maximum absolute atomic E-state index is 13.5. The van der Waals surface area contributed by atoms with Crippen molar-refractivity contribution >= 4 is 17.8 Å². The van der Waals surface area contributed by atoms with Crippen LogP contribution in [0.1, 0.15) is 44.7 Å². The summed E-state index contributed by atoms with van der Waals surface area (Å²) in [5.74, 6) is -3.20. The van der Waals surface area contributed by atoms with Crippen LogP contribution in [0.5, 0.6) is 0 Å². The van der Waals surface area contributed by atoms with Crippen LogP contribution in [0.4, 0.5) is 8.78 Å². The number of primary amides is 1. The van der Waals surface area contributed by atoms with E-state index in [1.54, 1.807) is 19.1 Å². The summed E-state index contributed by atoms with van der Waals surface area (Å²) in [6.07, 6.45) is 0.250. The van der Waals surface area contributed by atoms with E-state index in [4.69, 9.17) is 21.9 Å². The SMILES string of the molecule is Cc1cc(C(=O)O[C@H](CN)[C@@H](N)Cc2cc(F)cc(F)c2)cc(C(=O)N2CCC[C@@H]2C(N)=O)c1. The molecule has 1 saturated heterocycles. The molecule has 3 rings (SSSR count). The van der Waals surface area contributed by atoms with Crippen LogP contribution in [-0.4, -0.2) is 54.0 Å². The van der Waals surface area contributed by atoms with E-state index in [1.165, 1.54) is 11.0 Å². The predicted molar refractivity (Wildman–Crippen MR) is 121 cm³/mol. The van der Waals surface area contributed by atoms with Gasteiger partial charge in [0.1, 0.15) is 23.8 Å². The zero-order valence-electron chi connectivity index (χ0n) is 18.8. The number of carbonyl (C=O) groups is 3. The van der Waals surface area contributed by atoms with Crippen LogP contribution >= 0.6 is 0 Å². The van der Waals surface area contributed by atoms with Gasteiger partial charge in [0.15, 0.2) is 0 Å². The fourth-order valence-electron chi connectivity index (χ4n) is 4.14. The summed E-state index contributed by atoms with van der Waals surface area (Å²) in [5.41, 5.74) is 18.5. The Morgan fingerprint density at radius 2 is 1.74 bits per heavy atom. The highest BCUT2D eigenvalue weighted by molar-refractivity contribution is 6.00. The number of nitrogens with two attached hydrogens (primary N) is 3. The Kier molecular flexibility index (Phi) is 7.95. The normalized spacial score (nSPS) is 17.3. The van der Waals surface area contributed by atoms with Crippen LogP contribution in [0.2, 0.25) is 0 Å². The standard InChI is InChI=1S/C24H28F2N4O4/c1-13-5-15(23(32)30-4-2-3-20(30)22(29)31)10-16(6-13)24(33)34-21(12-27)19(28)9-14-7-17(25)11-18(26)8-14/h5-8,10-11,19-21H,2-4,9,12,27-28H2,1H3,(H2,29,31)/t19-,20+,21+/m0/s1. The number of esters is 1. The van der Waals surface area contributed by atoms with E-state index < -0.39 is 47.6 Å². The van der Waals surface area contributed by atoms with Gasteiger partial charge >= 0.3 is 5.97 Å². The minimum Gasteiger partial charge on any atom is -0.456 e. The predicted octanol–water partition coefficient (Wildman–Crippen LogP) is 1.42. The van der Waals surface area contributed by atoms with Crippen LogP contribution in [0.15, 0.2) is 36.4 Å². The molecule has 6 N–H and O–H groups in total. The molecule has 8 nitrogen and oxygen atoms in total. The summed E-state index contributed by atoms with van der Waals surface area (Å²) in [7, 11) is 0. The number of hydrogen-bond donors (Lipinski definition) is 3. The van der Waals surface area contributed by atoms with Gasteiger partial charge in [0, 0.05) is 30.8 Å². The van der Waals surface area contributed by atoms with Crippen molar-refractivity contribution in [3.63, 3.8) is 0 Å². The number of nitrogens with zero attached hydrogens (tertiary/aromatic N) is 1. The molecule has 10 heteroatoms. The minimum absolute atomic E-state index is 0.0326. The molecule has 1 aliphatic rings. The summed E-state index contributed by atoms with van der Waals surface area (Å²) in [4.78, 5) is 38.9. The van der Waals surface area contributed by atoms with E-state index in [1.807, 2.05) is 0 Å². The minimum atomic E-state index is -0.934. The number of likely N-dealkylation sites (tertiary alicyclic amines) is 1. The number of hydrogen-bond acceptors (Lipinski definition) is 6. The molecular weight excluding hydrogens is 446 g/mol. The monoisotopic (exact) mass is 474 g/mol. The van der Waals surface area contributed by atoms with E-state index in [0.29, 0.717) is 30.5 Å². The van der Waals surface area contributed by atoms with Crippen molar-refractivity contribution < 1.29 is 27.9 Å². The molecule has 3 atom stereocenters. The maximum atomic E-state index is 13.5. The number of carbonyl (C=O) groups excluding carboxylic acids is 3. The molecule has 1 heterocycles. The molecule has 0 aromatic heterocycles. The summed E-state index contributed by atoms with van der Waals surface area (Å²) in [6, 6.07) is 6.09. The third kappa shape index (κ3) is 5.95. The van der Waals surface area contributed by atoms with E-state index in [0.717, 1.165) is 18.2 Å². The van der Waals surface area contributed by atoms with Crippen molar-refractivity contribution in [3.05, 3.63) is 70.3 Å². The Hall–Kier alpha value is -3.37. The van der Waals surface area contributed by atoms with Gasteiger partial charge < -0.3 is 26.8 Å². The molecule has 0 radical (unpaired) electrons. The van der Waals surface area contributed by atoms with Gasteiger partial charge in [0.25, 0.3) is 5.91 Å². The highest BCUT2D eigenvalue weighted by Gasteiger charge is 2.33. The molecular formula is C24H28F2N4O4. The van der Waals surface area contributed by atoms with Crippen molar-refractivity contribution in [2.75, 3.05) is 13.1 Å². The number of aryl methyl sites for hydroxylation is 1. The zero-order chi connectivity index (χ0) is 25.0. The largest absolute Gasteiger partial charge is 0.456 e. The molecule has 34 heavy (non-hydrogen) atoms. The first-order chi connectivity index (χ1) is 16.1. The number of rotatable bonds is 8. The lowest BCUT2D eigenvalue weighted by molar-refractivity contribution is -0.121. The summed E-state index contributed by atoms with van der Waals surface area (Å²) >= 11 is 0. The van der Waals surface area contributed by atoms with Crippen molar-refractivity contribution in [2.24, 2.45) is 17.2 Å². The lowest BCUT2D eigenvalue weighted by atomic mass is 10.0. The lowest BCUT2D eigenvalue weighted by Gasteiger charge is -2.24. The summed E-state index contributed by atoms with van der Waals surface area (Å²) < 4.78 is 32.4. The van der Waals surface area contributed by atoms with E-state index in [2.05, 4.69) is 0 Å². The van der Waals surface area contributed by atoms with Crippen molar-refractivity contribution in [2.45, 2.75) is 44.4 Å². The molecule has 1 fully saturated rings. The third-order valence-corrected chi connectivity index (χ3v) is 5.76. The summed E-state index contributed by atoms with van der Waals surface area (Å²) in [6.45, 7) is 2.00. The highest BCUT2D eigenvalue weighted by atomic mass is 19.1. The van der Waals surface area contributed by atoms with Crippen LogP contribution in [0.3, 0.4) is 0 Å². The summed E-state index contributed by atoms with van der Waals surface area (Å²) in [5, 5.41) is 0. The zero-order valence-corrected chi connectivity index (χ0v) is 18.8. The Morgan fingerprint density at radius 1 is 1.09 bits per heavy atom. The molecule has 0 saturated carbocycles. The molecule has 2 amide bonds. The second kappa shape index (κ2) is 10.7. The van der Waals surface area contributed by atoms with Gasteiger partial charge in [-0.05, 0) is 67.6 Å². The van der Waals surface area contributed by atoms with E-state index in [9.17, 15) is 23.2 Å². The van der Waals surface area contributed by atoms with Gasteiger partial charge in [-0.15, -0.1) is 0 Å². The molecule has 0 bridgehead atoms. The molecule has 1 aliphatic heterocycles. The maximum Gasteiger partial charge on any atom is 0.338 e. The van der Waals surface area contributed by atoms with Crippen molar-refractivity contribution in [3.8, 4) is 0 Å². The van der Waals surface area contributed by atoms with E-state index >= 15 is 0 Å².